The predicted octanol–water partition coefficient (Wildman–Crippen LogP) is 1.49. The van der Waals surface area contributed by atoms with E-state index in [0.29, 0.717) is 5.56 Å². The Morgan fingerprint density at radius 3 is 2.37 bits per heavy atom. The van der Waals surface area contributed by atoms with Crippen LogP contribution in [0.5, 0.6) is 0 Å². The van der Waals surface area contributed by atoms with Crippen LogP contribution in [0.3, 0.4) is 0 Å². The molecule has 0 atom stereocenters. The number of sulfone groups is 1. The number of carboxylic acid groups (broad SMARTS) is 1. The monoisotopic (exact) mass is 298 g/mol. The van der Waals surface area contributed by atoms with Crippen molar-refractivity contribution in [1.82, 2.24) is 4.98 Å². The molecule has 0 spiro atoms. The molecule has 2 aromatic rings. The van der Waals surface area contributed by atoms with Crippen LogP contribution in [-0.4, -0.2) is 30.7 Å². The van der Waals surface area contributed by atoms with E-state index >= 15 is 0 Å². The van der Waals surface area contributed by atoms with E-state index in [-0.39, 0.29) is 20.6 Å². The summed E-state index contributed by atoms with van der Waals surface area (Å²) >= 11 is 0.876. The number of anilines is 1. The van der Waals surface area contributed by atoms with Crippen molar-refractivity contribution in [3.05, 3.63) is 29.1 Å². The molecule has 0 saturated heterocycles. The third-order valence-corrected chi connectivity index (χ3v) is 4.39. The molecule has 0 aliphatic rings. The van der Waals surface area contributed by atoms with E-state index in [2.05, 4.69) is 4.98 Å². The van der Waals surface area contributed by atoms with Crippen molar-refractivity contribution in [2.75, 3.05) is 12.0 Å². The normalized spacial score (nSPS) is 11.4. The van der Waals surface area contributed by atoms with E-state index in [4.69, 9.17) is 10.8 Å². The van der Waals surface area contributed by atoms with Gasteiger partial charge in [-0.3, -0.25) is 0 Å². The summed E-state index contributed by atoms with van der Waals surface area (Å²) in [5.74, 6) is -1.11. The van der Waals surface area contributed by atoms with Crippen molar-refractivity contribution in [1.29, 1.82) is 0 Å². The molecular weight excluding hydrogens is 288 g/mol. The van der Waals surface area contributed by atoms with Crippen LogP contribution >= 0.6 is 11.3 Å². The average molecular weight is 298 g/mol. The number of hydrogen-bond donors (Lipinski definition) is 2. The van der Waals surface area contributed by atoms with Crippen LogP contribution in [0, 0.1) is 0 Å². The highest BCUT2D eigenvalue weighted by atomic mass is 32.2. The summed E-state index contributed by atoms with van der Waals surface area (Å²) in [6.07, 6.45) is 1.10. The number of carboxylic acids is 1. The highest BCUT2D eigenvalue weighted by molar-refractivity contribution is 7.90. The average Bonchev–Trinajstić information content (AvgIpc) is 2.70. The Morgan fingerprint density at radius 2 is 1.89 bits per heavy atom. The van der Waals surface area contributed by atoms with Crippen LogP contribution in [-0.2, 0) is 9.84 Å². The molecule has 1 heterocycles. The van der Waals surface area contributed by atoms with Gasteiger partial charge in [0.25, 0.3) is 0 Å². The second-order valence-electron chi connectivity index (χ2n) is 3.83. The molecule has 3 N–H and O–H groups in total. The number of nitrogens with zero attached hydrogens (tertiary/aromatic N) is 1. The van der Waals surface area contributed by atoms with Crippen LogP contribution in [0.25, 0.3) is 11.3 Å². The Balaban J connectivity index is 2.52. The van der Waals surface area contributed by atoms with Gasteiger partial charge in [-0.1, -0.05) is 23.5 Å². The summed E-state index contributed by atoms with van der Waals surface area (Å²) in [6, 6.07) is 5.84. The SMILES string of the molecule is CS(=O)(=O)c1ccc(-c2nc(N)sc2C(=O)O)cc1. The number of thiazole rings is 1. The molecule has 0 unspecified atom stereocenters. The maximum Gasteiger partial charge on any atom is 0.348 e. The molecule has 0 aliphatic carbocycles. The number of nitrogen functional groups attached to an aromatic ring is 1. The molecule has 0 amide bonds. The van der Waals surface area contributed by atoms with Crippen LogP contribution in [0.15, 0.2) is 29.2 Å². The molecule has 0 saturated carbocycles. The minimum absolute atomic E-state index is 0.0320. The Labute approximate surface area is 113 Å². The first-order valence-electron chi connectivity index (χ1n) is 5.09. The lowest BCUT2D eigenvalue weighted by molar-refractivity contribution is 0.0702. The summed E-state index contributed by atoms with van der Waals surface area (Å²) in [5.41, 5.74) is 6.26. The van der Waals surface area contributed by atoms with Crippen molar-refractivity contribution >= 4 is 32.3 Å². The lowest BCUT2D eigenvalue weighted by Gasteiger charge is -2.01. The number of rotatable bonds is 3. The first-order valence-corrected chi connectivity index (χ1v) is 7.80. The zero-order valence-electron chi connectivity index (χ0n) is 9.82. The lowest BCUT2D eigenvalue weighted by Crippen LogP contribution is -1.98. The van der Waals surface area contributed by atoms with Gasteiger partial charge in [0.15, 0.2) is 15.0 Å². The van der Waals surface area contributed by atoms with Gasteiger partial charge in [-0.05, 0) is 12.1 Å². The molecule has 0 aliphatic heterocycles. The molecule has 0 bridgehead atoms. The summed E-state index contributed by atoms with van der Waals surface area (Å²) < 4.78 is 22.7. The van der Waals surface area contributed by atoms with E-state index in [1.54, 1.807) is 0 Å². The number of aromatic carboxylic acids is 1. The summed E-state index contributed by atoms with van der Waals surface area (Å²) in [5, 5.41) is 9.20. The van der Waals surface area contributed by atoms with Gasteiger partial charge in [-0.2, -0.15) is 0 Å². The second-order valence-corrected chi connectivity index (χ2v) is 6.88. The molecule has 1 aromatic carbocycles. The first-order chi connectivity index (χ1) is 8.79. The van der Waals surface area contributed by atoms with Gasteiger partial charge in [0, 0.05) is 11.8 Å². The standard InChI is InChI=1S/C11H10N2O4S2/c1-19(16,17)7-4-2-6(3-5-7)8-9(10(14)15)18-11(12)13-8/h2-5H,1H3,(H2,12,13)(H,14,15). The lowest BCUT2D eigenvalue weighted by atomic mass is 10.1. The largest absolute Gasteiger partial charge is 0.477 e. The van der Waals surface area contributed by atoms with Gasteiger partial charge in [-0.15, -0.1) is 0 Å². The highest BCUT2D eigenvalue weighted by Crippen LogP contribution is 2.30. The van der Waals surface area contributed by atoms with E-state index in [1.807, 2.05) is 0 Å². The number of carbonyl (C=O) groups is 1. The van der Waals surface area contributed by atoms with Gasteiger partial charge in [0.2, 0.25) is 0 Å². The highest BCUT2D eigenvalue weighted by Gasteiger charge is 2.18. The molecule has 0 radical (unpaired) electrons. The van der Waals surface area contributed by atoms with Crippen molar-refractivity contribution < 1.29 is 18.3 Å². The Kier molecular flexibility index (Phi) is 3.29. The molecule has 2 rings (SSSR count). The van der Waals surface area contributed by atoms with E-state index in [1.165, 1.54) is 24.3 Å². The zero-order valence-corrected chi connectivity index (χ0v) is 11.5. The quantitative estimate of drug-likeness (QED) is 0.888. The summed E-state index contributed by atoms with van der Waals surface area (Å²) in [4.78, 5) is 15.2. The fourth-order valence-corrected chi connectivity index (χ4v) is 2.86. The topological polar surface area (TPSA) is 110 Å². The third-order valence-electron chi connectivity index (χ3n) is 2.39. The van der Waals surface area contributed by atoms with Gasteiger partial charge < -0.3 is 10.8 Å². The Hall–Kier alpha value is -1.93. The van der Waals surface area contributed by atoms with Crippen LogP contribution in [0.2, 0.25) is 0 Å². The molecule has 8 heteroatoms. The number of nitrogens with two attached hydrogens (primary N) is 1. The van der Waals surface area contributed by atoms with Crippen LogP contribution in [0.4, 0.5) is 5.13 Å². The number of aromatic nitrogens is 1. The smallest absolute Gasteiger partial charge is 0.348 e. The van der Waals surface area contributed by atoms with Crippen molar-refractivity contribution in [2.45, 2.75) is 4.90 Å². The Morgan fingerprint density at radius 1 is 1.32 bits per heavy atom. The fraction of sp³-hybridized carbons (Fsp3) is 0.0909. The van der Waals surface area contributed by atoms with Crippen LogP contribution in [0.1, 0.15) is 9.67 Å². The summed E-state index contributed by atoms with van der Waals surface area (Å²) in [6.45, 7) is 0. The van der Waals surface area contributed by atoms with Gasteiger partial charge >= 0.3 is 5.97 Å². The fourth-order valence-electron chi connectivity index (χ4n) is 1.54. The maximum atomic E-state index is 11.3. The van der Waals surface area contributed by atoms with Crippen LogP contribution < -0.4 is 5.73 Å². The molecule has 0 fully saturated rings. The first kappa shape index (κ1) is 13.5. The van der Waals surface area contributed by atoms with E-state index in [0.717, 1.165) is 17.6 Å². The molecule has 100 valence electrons. The number of hydrogen-bond acceptors (Lipinski definition) is 6. The van der Waals surface area contributed by atoms with Crippen molar-refractivity contribution in [3.8, 4) is 11.3 Å². The van der Waals surface area contributed by atoms with Gasteiger partial charge in [0.05, 0.1) is 10.6 Å². The summed E-state index contributed by atoms with van der Waals surface area (Å²) in [7, 11) is -3.28. The molecular formula is C11H10N2O4S2. The zero-order chi connectivity index (χ0) is 14.2. The maximum absolute atomic E-state index is 11.3. The van der Waals surface area contributed by atoms with Crippen molar-refractivity contribution in [2.24, 2.45) is 0 Å². The van der Waals surface area contributed by atoms with Gasteiger partial charge in [0.1, 0.15) is 4.88 Å². The van der Waals surface area contributed by atoms with Crippen molar-refractivity contribution in [3.63, 3.8) is 0 Å². The van der Waals surface area contributed by atoms with E-state index < -0.39 is 15.8 Å². The predicted molar refractivity (Wildman–Crippen MR) is 72.0 cm³/mol. The molecule has 6 nitrogen and oxygen atoms in total. The second kappa shape index (κ2) is 4.63. The van der Waals surface area contributed by atoms with Gasteiger partial charge in [-0.25, -0.2) is 18.2 Å². The molecule has 19 heavy (non-hydrogen) atoms. The Bertz CT molecular complexity index is 733. The minimum Gasteiger partial charge on any atom is -0.477 e. The number of benzene rings is 1. The minimum atomic E-state index is -3.28. The third kappa shape index (κ3) is 2.74. The molecule has 1 aromatic heterocycles. The van der Waals surface area contributed by atoms with E-state index in [9.17, 15) is 13.2 Å².